The van der Waals surface area contributed by atoms with Gasteiger partial charge in [0.2, 0.25) is 0 Å². The molecule has 0 spiro atoms. The van der Waals surface area contributed by atoms with Gasteiger partial charge in [0.25, 0.3) is 0 Å². The summed E-state index contributed by atoms with van der Waals surface area (Å²) in [6.45, 7) is 0.640. The molecule has 2 rings (SSSR count). The molecule has 2 aromatic rings. The molecule has 0 saturated heterocycles. The molecular weight excluding hydrogens is 298 g/mol. The summed E-state index contributed by atoms with van der Waals surface area (Å²) >= 11 is 1.82. The van der Waals surface area contributed by atoms with E-state index in [1.807, 2.05) is 30.0 Å². The van der Waals surface area contributed by atoms with Crippen molar-refractivity contribution in [3.8, 4) is 5.75 Å². The van der Waals surface area contributed by atoms with Gasteiger partial charge in [0.05, 0.1) is 19.3 Å². The van der Waals surface area contributed by atoms with Gasteiger partial charge in [0.1, 0.15) is 5.75 Å². The van der Waals surface area contributed by atoms with Crippen LogP contribution in [0.4, 0.5) is 0 Å². The first-order chi connectivity index (χ1) is 10.8. The molecule has 0 atom stereocenters. The SMILES string of the molecule is COC(=O)c1cccc(OCCCCSc2ccncc2)c1. The molecule has 0 radical (unpaired) electrons. The highest BCUT2D eigenvalue weighted by atomic mass is 32.2. The zero-order chi connectivity index (χ0) is 15.6. The van der Waals surface area contributed by atoms with Crippen LogP contribution in [-0.4, -0.2) is 30.4 Å². The number of aromatic nitrogens is 1. The second kappa shape index (κ2) is 9.10. The minimum atomic E-state index is -0.348. The van der Waals surface area contributed by atoms with Crippen LogP contribution < -0.4 is 4.74 Å². The Hall–Kier alpha value is -2.01. The highest BCUT2D eigenvalue weighted by molar-refractivity contribution is 7.99. The Morgan fingerprint density at radius 1 is 1.18 bits per heavy atom. The molecule has 0 bridgehead atoms. The van der Waals surface area contributed by atoms with Crippen molar-refractivity contribution in [1.82, 2.24) is 4.98 Å². The number of thioether (sulfide) groups is 1. The van der Waals surface area contributed by atoms with Gasteiger partial charge in [-0.2, -0.15) is 0 Å². The molecule has 0 fully saturated rings. The molecule has 0 aliphatic carbocycles. The molecule has 0 aliphatic rings. The summed E-state index contributed by atoms with van der Waals surface area (Å²) in [6.07, 6.45) is 5.66. The maximum Gasteiger partial charge on any atom is 0.337 e. The number of methoxy groups -OCH3 is 1. The summed E-state index contributed by atoms with van der Waals surface area (Å²) in [6, 6.07) is 11.1. The predicted molar refractivity (Wildman–Crippen MR) is 87.5 cm³/mol. The quantitative estimate of drug-likeness (QED) is 0.421. The Balaban J connectivity index is 1.65. The first-order valence-electron chi connectivity index (χ1n) is 7.13. The third-order valence-electron chi connectivity index (χ3n) is 2.98. The van der Waals surface area contributed by atoms with Gasteiger partial charge in [0.15, 0.2) is 0 Å². The Bertz CT molecular complexity index is 589. The van der Waals surface area contributed by atoms with Crippen LogP contribution in [0, 0.1) is 0 Å². The number of esters is 1. The van der Waals surface area contributed by atoms with Gasteiger partial charge in [-0.05, 0) is 48.9 Å². The molecular formula is C17H19NO3S. The summed E-state index contributed by atoms with van der Waals surface area (Å²) in [5, 5.41) is 0. The normalized spacial score (nSPS) is 10.2. The number of carbonyl (C=O) groups excluding carboxylic acids is 1. The van der Waals surface area contributed by atoms with Crippen LogP contribution >= 0.6 is 11.8 Å². The molecule has 0 N–H and O–H groups in total. The highest BCUT2D eigenvalue weighted by Gasteiger charge is 2.05. The van der Waals surface area contributed by atoms with Crippen molar-refractivity contribution in [2.45, 2.75) is 17.7 Å². The Morgan fingerprint density at radius 3 is 2.77 bits per heavy atom. The van der Waals surface area contributed by atoms with E-state index in [0.29, 0.717) is 17.9 Å². The molecule has 116 valence electrons. The number of unbranched alkanes of at least 4 members (excludes halogenated alkanes) is 1. The van der Waals surface area contributed by atoms with Crippen molar-refractivity contribution < 1.29 is 14.3 Å². The van der Waals surface area contributed by atoms with E-state index in [-0.39, 0.29) is 5.97 Å². The fourth-order valence-electron chi connectivity index (χ4n) is 1.85. The predicted octanol–water partition coefficient (Wildman–Crippen LogP) is 3.82. The van der Waals surface area contributed by atoms with Crippen LogP contribution in [0.1, 0.15) is 23.2 Å². The van der Waals surface area contributed by atoms with E-state index >= 15 is 0 Å². The number of benzene rings is 1. The lowest BCUT2D eigenvalue weighted by Gasteiger charge is -2.07. The summed E-state index contributed by atoms with van der Waals surface area (Å²) in [5.74, 6) is 1.40. The lowest BCUT2D eigenvalue weighted by Crippen LogP contribution is -2.03. The van der Waals surface area contributed by atoms with E-state index in [2.05, 4.69) is 9.72 Å². The molecule has 1 heterocycles. The molecule has 4 nitrogen and oxygen atoms in total. The Labute approximate surface area is 134 Å². The van der Waals surface area contributed by atoms with Crippen LogP contribution in [0.5, 0.6) is 5.75 Å². The molecule has 0 aliphatic heterocycles. The highest BCUT2D eigenvalue weighted by Crippen LogP contribution is 2.18. The monoisotopic (exact) mass is 317 g/mol. The van der Waals surface area contributed by atoms with E-state index < -0.39 is 0 Å². The third-order valence-corrected chi connectivity index (χ3v) is 4.08. The molecule has 5 heteroatoms. The van der Waals surface area contributed by atoms with Crippen LogP contribution in [-0.2, 0) is 4.74 Å². The summed E-state index contributed by atoms with van der Waals surface area (Å²) in [5.41, 5.74) is 0.508. The van der Waals surface area contributed by atoms with Crippen LogP contribution in [0.15, 0.2) is 53.7 Å². The van der Waals surface area contributed by atoms with Gasteiger partial charge in [-0.3, -0.25) is 4.98 Å². The van der Waals surface area contributed by atoms with Crippen molar-refractivity contribution in [1.29, 1.82) is 0 Å². The summed E-state index contributed by atoms with van der Waals surface area (Å²) < 4.78 is 10.4. The van der Waals surface area contributed by atoms with Gasteiger partial charge in [-0.25, -0.2) is 4.79 Å². The average Bonchev–Trinajstić information content (AvgIpc) is 2.58. The zero-order valence-corrected chi connectivity index (χ0v) is 13.3. The van der Waals surface area contributed by atoms with Crippen molar-refractivity contribution in [3.63, 3.8) is 0 Å². The van der Waals surface area contributed by atoms with Crippen molar-refractivity contribution in [2.24, 2.45) is 0 Å². The number of nitrogens with zero attached hydrogens (tertiary/aromatic N) is 1. The summed E-state index contributed by atoms with van der Waals surface area (Å²) in [4.78, 5) is 16.7. The standard InChI is InChI=1S/C17H19NO3S/c1-20-17(19)14-5-4-6-15(13-14)21-11-2-3-12-22-16-7-9-18-10-8-16/h4-10,13H,2-3,11-12H2,1H3. The summed E-state index contributed by atoms with van der Waals surface area (Å²) in [7, 11) is 1.37. The maximum atomic E-state index is 11.4. The van der Waals surface area contributed by atoms with E-state index in [9.17, 15) is 4.79 Å². The van der Waals surface area contributed by atoms with Gasteiger partial charge in [-0.15, -0.1) is 11.8 Å². The van der Waals surface area contributed by atoms with Crippen molar-refractivity contribution in [3.05, 3.63) is 54.4 Å². The second-order valence-corrected chi connectivity index (χ2v) is 5.77. The number of hydrogen-bond acceptors (Lipinski definition) is 5. The zero-order valence-electron chi connectivity index (χ0n) is 12.5. The van der Waals surface area contributed by atoms with Gasteiger partial charge >= 0.3 is 5.97 Å². The van der Waals surface area contributed by atoms with E-state index in [1.165, 1.54) is 12.0 Å². The molecule has 0 unspecified atom stereocenters. The average molecular weight is 317 g/mol. The number of carbonyl (C=O) groups is 1. The second-order valence-electron chi connectivity index (χ2n) is 4.61. The minimum Gasteiger partial charge on any atom is -0.494 e. The van der Waals surface area contributed by atoms with Crippen LogP contribution in [0.25, 0.3) is 0 Å². The van der Waals surface area contributed by atoms with E-state index in [1.54, 1.807) is 30.6 Å². The first kappa shape index (κ1) is 16.4. The fraction of sp³-hybridized carbons (Fsp3) is 0.294. The molecule has 22 heavy (non-hydrogen) atoms. The topological polar surface area (TPSA) is 48.4 Å². The third kappa shape index (κ3) is 5.41. The Kier molecular flexibility index (Phi) is 6.77. The lowest BCUT2D eigenvalue weighted by molar-refractivity contribution is 0.0600. The van der Waals surface area contributed by atoms with E-state index in [4.69, 9.17) is 4.74 Å². The lowest BCUT2D eigenvalue weighted by atomic mass is 10.2. The molecule has 0 saturated carbocycles. The number of ether oxygens (including phenoxy) is 2. The fourth-order valence-corrected chi connectivity index (χ4v) is 2.75. The van der Waals surface area contributed by atoms with E-state index in [0.717, 1.165) is 18.6 Å². The smallest absolute Gasteiger partial charge is 0.337 e. The number of rotatable bonds is 8. The van der Waals surface area contributed by atoms with Crippen LogP contribution in [0.3, 0.4) is 0 Å². The number of pyridine rings is 1. The molecule has 1 aromatic heterocycles. The number of hydrogen-bond donors (Lipinski definition) is 0. The van der Waals surface area contributed by atoms with Crippen molar-refractivity contribution >= 4 is 17.7 Å². The maximum absolute atomic E-state index is 11.4. The Morgan fingerprint density at radius 2 is 2.00 bits per heavy atom. The molecule has 0 amide bonds. The van der Waals surface area contributed by atoms with Crippen molar-refractivity contribution in [2.75, 3.05) is 19.5 Å². The van der Waals surface area contributed by atoms with Crippen LogP contribution in [0.2, 0.25) is 0 Å². The van der Waals surface area contributed by atoms with Gasteiger partial charge in [0, 0.05) is 17.3 Å². The minimum absolute atomic E-state index is 0.348. The van der Waals surface area contributed by atoms with Gasteiger partial charge in [-0.1, -0.05) is 6.07 Å². The first-order valence-corrected chi connectivity index (χ1v) is 8.12. The van der Waals surface area contributed by atoms with Gasteiger partial charge < -0.3 is 9.47 Å². The largest absolute Gasteiger partial charge is 0.494 e. The molecule has 1 aromatic carbocycles.